The van der Waals surface area contributed by atoms with Gasteiger partial charge in [0.05, 0.1) is 0 Å². The molecule has 0 aromatic heterocycles. The van der Waals surface area contributed by atoms with Crippen molar-refractivity contribution in [3.8, 4) is 0 Å². The van der Waals surface area contributed by atoms with Crippen LogP contribution in [0, 0.1) is 11.6 Å². The van der Waals surface area contributed by atoms with E-state index in [1.165, 1.54) is 12.1 Å². The second-order valence-electron chi connectivity index (χ2n) is 3.47. The third-order valence-corrected chi connectivity index (χ3v) is 2.97. The molecule has 0 amide bonds. The van der Waals surface area contributed by atoms with E-state index >= 15 is 0 Å². The van der Waals surface area contributed by atoms with Gasteiger partial charge in [0, 0.05) is 22.5 Å². The molecule has 1 atom stereocenters. The molecule has 1 nitrogen and oxygen atoms in total. The highest BCUT2D eigenvalue weighted by Gasteiger charge is 2.23. The summed E-state index contributed by atoms with van der Waals surface area (Å²) >= 11 is 3.06. The van der Waals surface area contributed by atoms with Crippen molar-refractivity contribution < 1.29 is 8.78 Å². The summed E-state index contributed by atoms with van der Waals surface area (Å²) in [5, 5.41) is 3.09. The van der Waals surface area contributed by atoms with Crippen LogP contribution in [0.2, 0.25) is 0 Å². The van der Waals surface area contributed by atoms with Gasteiger partial charge in [-0.3, -0.25) is 0 Å². The average molecular weight is 299 g/mol. The smallest absolute Gasteiger partial charge is 0.130 e. The molecule has 0 saturated carbocycles. The molecule has 1 aliphatic rings. The Kier molecular flexibility index (Phi) is 4.49. The first-order valence-electron chi connectivity index (χ1n) is 4.53. The molecule has 0 radical (unpaired) electrons. The van der Waals surface area contributed by atoms with Crippen LogP contribution in [0.4, 0.5) is 8.78 Å². The lowest BCUT2D eigenvalue weighted by molar-refractivity contribution is 0.530. The van der Waals surface area contributed by atoms with Gasteiger partial charge < -0.3 is 5.32 Å². The normalized spacial score (nSPS) is 20.1. The first kappa shape index (κ1) is 12.9. The molecule has 5 heteroatoms. The maximum Gasteiger partial charge on any atom is 0.130 e. The minimum absolute atomic E-state index is 0. The molecule has 1 aromatic carbocycles. The molecule has 15 heavy (non-hydrogen) atoms. The molecule has 1 saturated heterocycles. The van der Waals surface area contributed by atoms with E-state index in [1.54, 1.807) is 0 Å². The van der Waals surface area contributed by atoms with Crippen molar-refractivity contribution in [1.29, 1.82) is 0 Å². The van der Waals surface area contributed by atoms with Gasteiger partial charge >= 0.3 is 0 Å². The number of hydrogen-bond donors (Lipinski definition) is 1. The van der Waals surface area contributed by atoms with E-state index in [4.69, 9.17) is 0 Å². The average Bonchev–Trinajstić information content (AvgIpc) is 2.54. The van der Waals surface area contributed by atoms with Crippen molar-refractivity contribution >= 4 is 28.3 Å². The van der Waals surface area contributed by atoms with Gasteiger partial charge in [-0.2, -0.15) is 0 Å². The summed E-state index contributed by atoms with van der Waals surface area (Å²) in [4.78, 5) is 0. The Balaban J connectivity index is 0.00000112. The Hall–Kier alpha value is -0.190. The first-order valence-corrected chi connectivity index (χ1v) is 5.33. The molecule has 1 fully saturated rings. The fourth-order valence-electron chi connectivity index (χ4n) is 1.84. The highest BCUT2D eigenvalue weighted by molar-refractivity contribution is 9.10. The van der Waals surface area contributed by atoms with Gasteiger partial charge in [0.15, 0.2) is 0 Å². The summed E-state index contributed by atoms with van der Waals surface area (Å²) in [6.07, 6.45) is 0.801. The quantitative estimate of drug-likeness (QED) is 0.839. The summed E-state index contributed by atoms with van der Waals surface area (Å²) < 4.78 is 27.4. The van der Waals surface area contributed by atoms with E-state index in [0.29, 0.717) is 11.0 Å². The van der Waals surface area contributed by atoms with Gasteiger partial charge in [-0.05, 0) is 25.1 Å². The molecule has 0 aliphatic carbocycles. The second-order valence-corrected chi connectivity index (χ2v) is 4.39. The van der Waals surface area contributed by atoms with E-state index in [9.17, 15) is 8.78 Å². The van der Waals surface area contributed by atoms with Crippen LogP contribution < -0.4 is 5.32 Å². The van der Waals surface area contributed by atoms with Gasteiger partial charge in [-0.25, -0.2) is 8.78 Å². The van der Waals surface area contributed by atoms with Crippen molar-refractivity contribution in [3.05, 3.63) is 33.8 Å². The molecule has 1 N–H and O–H groups in total. The number of nitrogens with one attached hydrogen (secondary N) is 1. The number of benzene rings is 1. The van der Waals surface area contributed by atoms with Crippen molar-refractivity contribution in [2.75, 3.05) is 13.1 Å². The molecule has 1 unspecified atom stereocenters. The Morgan fingerprint density at radius 2 is 1.87 bits per heavy atom. The van der Waals surface area contributed by atoms with Crippen molar-refractivity contribution in [2.24, 2.45) is 0 Å². The van der Waals surface area contributed by atoms with E-state index in [-0.39, 0.29) is 23.9 Å². The third kappa shape index (κ3) is 2.68. The van der Waals surface area contributed by atoms with Crippen LogP contribution in [-0.4, -0.2) is 13.1 Å². The maximum absolute atomic E-state index is 13.5. The first-order chi connectivity index (χ1) is 6.68. The van der Waals surface area contributed by atoms with Gasteiger partial charge in [-0.1, -0.05) is 15.9 Å². The van der Waals surface area contributed by atoms with E-state index < -0.39 is 11.6 Å². The van der Waals surface area contributed by atoms with Crippen LogP contribution in [0.25, 0.3) is 0 Å². The van der Waals surface area contributed by atoms with Gasteiger partial charge in [0.25, 0.3) is 0 Å². The summed E-state index contributed by atoms with van der Waals surface area (Å²) in [6.45, 7) is 1.50. The minimum Gasteiger partial charge on any atom is -0.316 e. The second kappa shape index (κ2) is 5.23. The van der Waals surface area contributed by atoms with Crippen LogP contribution in [0.1, 0.15) is 17.9 Å². The fraction of sp³-hybridized carbons (Fsp3) is 0.400. The Morgan fingerprint density at radius 1 is 1.27 bits per heavy atom. The topological polar surface area (TPSA) is 12.0 Å². The highest BCUT2D eigenvalue weighted by Crippen LogP contribution is 2.29. The van der Waals surface area contributed by atoms with Crippen LogP contribution in [0.15, 0.2) is 16.6 Å². The predicted molar refractivity (Wildman–Crippen MR) is 61.5 cm³/mol. The fourth-order valence-corrected chi connectivity index (χ4v) is 2.25. The summed E-state index contributed by atoms with van der Waals surface area (Å²) in [6, 6.07) is 2.63. The molecule has 84 valence electrons. The van der Waals surface area contributed by atoms with Gasteiger partial charge in [0.1, 0.15) is 11.6 Å². The zero-order valence-corrected chi connectivity index (χ0v) is 10.3. The van der Waals surface area contributed by atoms with Crippen molar-refractivity contribution in [2.45, 2.75) is 12.3 Å². The Labute approximate surface area is 102 Å². The largest absolute Gasteiger partial charge is 0.316 e. The highest BCUT2D eigenvalue weighted by atomic mass is 79.9. The number of hydrogen-bond acceptors (Lipinski definition) is 1. The molecule has 1 aliphatic heterocycles. The third-order valence-electron chi connectivity index (χ3n) is 2.51. The summed E-state index contributed by atoms with van der Waals surface area (Å²) in [5.74, 6) is -0.931. The van der Waals surface area contributed by atoms with Gasteiger partial charge in [0.2, 0.25) is 0 Å². The zero-order chi connectivity index (χ0) is 10.1. The van der Waals surface area contributed by atoms with E-state index in [0.717, 1.165) is 13.0 Å². The monoisotopic (exact) mass is 297 g/mol. The lowest BCUT2D eigenvalue weighted by atomic mass is 9.97. The minimum atomic E-state index is -0.453. The van der Waals surface area contributed by atoms with E-state index in [2.05, 4.69) is 21.2 Å². The molecule has 1 aromatic rings. The maximum atomic E-state index is 13.5. The van der Waals surface area contributed by atoms with Gasteiger partial charge in [-0.15, -0.1) is 12.4 Å². The molecule has 0 spiro atoms. The number of rotatable bonds is 1. The van der Waals surface area contributed by atoms with Crippen LogP contribution in [0.5, 0.6) is 0 Å². The Morgan fingerprint density at radius 3 is 2.33 bits per heavy atom. The molecule has 0 bridgehead atoms. The standard InChI is InChI=1S/C10H10BrF2N.ClH/c11-7-3-8(12)10(9(13)4-7)6-1-2-14-5-6;/h3-4,6,14H,1-2,5H2;1H. The molecular weight excluding hydrogens is 287 g/mol. The van der Waals surface area contributed by atoms with E-state index in [1.807, 2.05) is 0 Å². The summed E-state index contributed by atoms with van der Waals surface area (Å²) in [5.41, 5.74) is 0.221. The molecule has 2 rings (SSSR count). The zero-order valence-electron chi connectivity index (χ0n) is 7.90. The summed E-state index contributed by atoms with van der Waals surface area (Å²) in [7, 11) is 0. The predicted octanol–water partition coefficient (Wildman–Crippen LogP) is 3.23. The van der Waals surface area contributed by atoms with Crippen molar-refractivity contribution in [1.82, 2.24) is 5.32 Å². The number of halogens is 4. The van der Waals surface area contributed by atoms with Crippen LogP contribution in [-0.2, 0) is 0 Å². The van der Waals surface area contributed by atoms with Crippen molar-refractivity contribution in [3.63, 3.8) is 0 Å². The SMILES string of the molecule is Cl.Fc1cc(Br)cc(F)c1C1CCNC1. The van der Waals surface area contributed by atoms with Crippen LogP contribution in [0.3, 0.4) is 0 Å². The molecule has 1 heterocycles. The lowest BCUT2D eigenvalue weighted by Gasteiger charge is -2.11. The van der Waals surface area contributed by atoms with Crippen LogP contribution >= 0.6 is 28.3 Å². The lowest BCUT2D eigenvalue weighted by Crippen LogP contribution is -2.10. The molecular formula is C10H11BrClF2N. The Bertz CT molecular complexity index is 330.